The van der Waals surface area contributed by atoms with Crippen molar-refractivity contribution in [2.75, 3.05) is 20.2 Å². The summed E-state index contributed by atoms with van der Waals surface area (Å²) in [6.45, 7) is 4.36. The van der Waals surface area contributed by atoms with Crippen LogP contribution in [0.4, 0.5) is 0 Å². The number of aliphatic carboxylic acids is 1. The Morgan fingerprint density at radius 2 is 2.12 bits per heavy atom. The number of hydrogen-bond donors (Lipinski definition) is 1. The number of carbonyl (C=O) groups is 2. The Morgan fingerprint density at radius 3 is 2.62 bits per heavy atom. The summed E-state index contributed by atoms with van der Waals surface area (Å²) in [5.41, 5.74) is -0.0474. The average Bonchev–Trinajstić information content (AvgIpc) is 2.61. The smallest absolute Gasteiger partial charge is 0.310 e. The molecular weight excluding hydrogens is 308 g/mol. The number of carboxylic acid groups (broad SMARTS) is 1. The van der Waals surface area contributed by atoms with Gasteiger partial charge in [0.2, 0.25) is 0 Å². The lowest BCUT2D eigenvalue weighted by molar-refractivity contribution is -0.151. The van der Waals surface area contributed by atoms with Gasteiger partial charge >= 0.3 is 5.97 Å². The third-order valence-electron chi connectivity index (χ3n) is 4.56. The molecule has 1 saturated heterocycles. The number of carboxylic acids is 1. The molecule has 1 fully saturated rings. The quantitative estimate of drug-likeness (QED) is 0.838. The number of carbonyl (C=O) groups excluding carboxylic acids is 1. The normalized spacial score (nSPS) is 16.1. The van der Waals surface area contributed by atoms with E-state index in [0.717, 1.165) is 0 Å². The highest BCUT2D eigenvalue weighted by molar-refractivity contribution is 5.97. The first kappa shape index (κ1) is 17.5. The predicted octanol–water partition coefficient (Wildman–Crippen LogP) is 2.45. The van der Waals surface area contributed by atoms with Gasteiger partial charge in [-0.1, -0.05) is 6.08 Å². The summed E-state index contributed by atoms with van der Waals surface area (Å²) in [6, 6.07) is 6.67. The van der Waals surface area contributed by atoms with Crippen LogP contribution < -0.4 is 4.74 Å². The largest absolute Gasteiger partial charge is 0.496 e. The fraction of sp³-hybridized carbons (Fsp3) is 0.389. The van der Waals surface area contributed by atoms with Gasteiger partial charge in [0.1, 0.15) is 5.75 Å². The standard InChI is InChI=1S/C18H20N2O4/c1-3-6-18(17(22)23)7-9-20(10-8-18)16(21)14-5-4-13(12-19)11-15(14)24-2/h3-5,11H,1,6-10H2,2H3,(H,22,23). The first-order valence-electron chi connectivity index (χ1n) is 7.69. The van der Waals surface area contributed by atoms with Crippen molar-refractivity contribution in [1.29, 1.82) is 5.26 Å². The Balaban J connectivity index is 2.17. The summed E-state index contributed by atoms with van der Waals surface area (Å²) >= 11 is 0. The first-order valence-corrected chi connectivity index (χ1v) is 7.69. The third kappa shape index (κ3) is 3.25. The van der Waals surface area contributed by atoms with E-state index >= 15 is 0 Å². The van der Waals surface area contributed by atoms with Crippen molar-refractivity contribution in [2.24, 2.45) is 5.41 Å². The number of amides is 1. The summed E-state index contributed by atoms with van der Waals surface area (Å²) in [5.74, 6) is -0.709. The molecule has 0 saturated carbocycles. The minimum atomic E-state index is -0.842. The second-order valence-electron chi connectivity index (χ2n) is 5.90. The summed E-state index contributed by atoms with van der Waals surface area (Å²) in [5, 5.41) is 18.4. The van der Waals surface area contributed by atoms with E-state index < -0.39 is 11.4 Å². The summed E-state index contributed by atoms with van der Waals surface area (Å²) in [4.78, 5) is 25.9. The fourth-order valence-corrected chi connectivity index (χ4v) is 3.03. The zero-order valence-electron chi connectivity index (χ0n) is 13.6. The molecule has 6 heteroatoms. The van der Waals surface area contributed by atoms with E-state index in [1.807, 2.05) is 6.07 Å². The minimum Gasteiger partial charge on any atom is -0.496 e. The lowest BCUT2D eigenvalue weighted by atomic mass is 9.75. The lowest BCUT2D eigenvalue weighted by Gasteiger charge is -2.38. The van der Waals surface area contributed by atoms with Gasteiger partial charge in [0.15, 0.2) is 0 Å². The topological polar surface area (TPSA) is 90.6 Å². The van der Waals surface area contributed by atoms with Gasteiger partial charge in [0, 0.05) is 13.1 Å². The molecule has 1 heterocycles. The molecule has 1 aromatic rings. The van der Waals surface area contributed by atoms with Crippen LogP contribution in [0.3, 0.4) is 0 Å². The molecule has 1 aliphatic heterocycles. The van der Waals surface area contributed by atoms with Crippen LogP contribution in [0.2, 0.25) is 0 Å². The van der Waals surface area contributed by atoms with Crippen molar-refractivity contribution in [1.82, 2.24) is 4.90 Å². The Labute approximate surface area is 140 Å². The zero-order chi connectivity index (χ0) is 17.7. The molecule has 2 rings (SSSR count). The maximum Gasteiger partial charge on any atom is 0.310 e. The molecule has 1 N–H and O–H groups in total. The van der Waals surface area contributed by atoms with E-state index in [0.29, 0.717) is 49.2 Å². The number of benzene rings is 1. The zero-order valence-corrected chi connectivity index (χ0v) is 13.6. The van der Waals surface area contributed by atoms with Gasteiger partial charge in [-0.2, -0.15) is 5.26 Å². The monoisotopic (exact) mass is 328 g/mol. The van der Waals surface area contributed by atoms with Crippen LogP contribution in [0.25, 0.3) is 0 Å². The van der Waals surface area contributed by atoms with E-state index in [9.17, 15) is 14.7 Å². The van der Waals surface area contributed by atoms with Gasteiger partial charge in [-0.15, -0.1) is 6.58 Å². The number of allylic oxidation sites excluding steroid dienone is 1. The van der Waals surface area contributed by atoms with E-state index in [1.54, 1.807) is 23.1 Å². The molecule has 0 radical (unpaired) electrons. The van der Waals surface area contributed by atoms with E-state index in [2.05, 4.69) is 6.58 Å². The average molecular weight is 328 g/mol. The van der Waals surface area contributed by atoms with Gasteiger partial charge in [-0.05, 0) is 37.5 Å². The van der Waals surface area contributed by atoms with Crippen molar-refractivity contribution in [3.63, 3.8) is 0 Å². The number of methoxy groups -OCH3 is 1. The number of likely N-dealkylation sites (tertiary alicyclic amines) is 1. The highest BCUT2D eigenvalue weighted by atomic mass is 16.5. The van der Waals surface area contributed by atoms with Crippen molar-refractivity contribution < 1.29 is 19.4 Å². The number of nitrogens with zero attached hydrogens (tertiary/aromatic N) is 2. The predicted molar refractivity (Wildman–Crippen MR) is 87.7 cm³/mol. The van der Waals surface area contributed by atoms with Crippen LogP contribution >= 0.6 is 0 Å². The van der Waals surface area contributed by atoms with E-state index in [-0.39, 0.29) is 5.91 Å². The molecule has 1 aliphatic rings. The maximum atomic E-state index is 12.7. The molecule has 0 aliphatic carbocycles. The summed E-state index contributed by atoms with van der Waals surface area (Å²) in [7, 11) is 1.45. The van der Waals surface area contributed by atoms with Crippen LogP contribution in [0, 0.1) is 16.7 Å². The Kier molecular flexibility index (Phi) is 5.24. The highest BCUT2D eigenvalue weighted by Crippen LogP contribution is 2.36. The third-order valence-corrected chi connectivity index (χ3v) is 4.56. The van der Waals surface area contributed by atoms with Crippen LogP contribution in [0.5, 0.6) is 5.75 Å². The number of rotatable bonds is 5. The van der Waals surface area contributed by atoms with Gasteiger partial charge in [0.25, 0.3) is 5.91 Å². The SMILES string of the molecule is C=CCC1(C(=O)O)CCN(C(=O)c2ccc(C#N)cc2OC)CC1. The minimum absolute atomic E-state index is 0.214. The van der Waals surface area contributed by atoms with Crippen molar-refractivity contribution in [3.05, 3.63) is 42.0 Å². The number of hydrogen-bond acceptors (Lipinski definition) is 4. The van der Waals surface area contributed by atoms with Crippen LogP contribution in [-0.2, 0) is 4.79 Å². The number of ether oxygens (including phenoxy) is 1. The number of piperidine rings is 1. The first-order chi connectivity index (χ1) is 11.5. The van der Waals surface area contributed by atoms with Crippen LogP contribution in [-0.4, -0.2) is 42.1 Å². The van der Waals surface area contributed by atoms with E-state index in [1.165, 1.54) is 13.2 Å². The Hall–Kier alpha value is -2.81. The lowest BCUT2D eigenvalue weighted by Crippen LogP contribution is -2.46. The molecule has 126 valence electrons. The molecule has 1 aromatic carbocycles. The van der Waals surface area contributed by atoms with Gasteiger partial charge in [0.05, 0.1) is 29.7 Å². The van der Waals surface area contributed by atoms with Gasteiger partial charge < -0.3 is 14.7 Å². The molecule has 0 aromatic heterocycles. The Bertz CT molecular complexity index is 697. The Morgan fingerprint density at radius 1 is 1.46 bits per heavy atom. The molecule has 0 spiro atoms. The van der Waals surface area contributed by atoms with Crippen molar-refractivity contribution >= 4 is 11.9 Å². The fourth-order valence-electron chi connectivity index (χ4n) is 3.03. The summed E-state index contributed by atoms with van der Waals surface area (Å²) in [6.07, 6.45) is 2.79. The summed E-state index contributed by atoms with van der Waals surface area (Å²) < 4.78 is 5.21. The molecule has 0 atom stereocenters. The molecular formula is C18H20N2O4. The van der Waals surface area contributed by atoms with Gasteiger partial charge in [-0.25, -0.2) is 0 Å². The molecule has 1 amide bonds. The maximum absolute atomic E-state index is 12.7. The number of nitriles is 1. The molecule has 0 bridgehead atoms. The molecule has 0 unspecified atom stereocenters. The highest BCUT2D eigenvalue weighted by Gasteiger charge is 2.41. The van der Waals surface area contributed by atoms with E-state index in [4.69, 9.17) is 10.00 Å². The van der Waals surface area contributed by atoms with Crippen molar-refractivity contribution in [2.45, 2.75) is 19.3 Å². The second-order valence-corrected chi connectivity index (χ2v) is 5.90. The van der Waals surface area contributed by atoms with Gasteiger partial charge in [-0.3, -0.25) is 9.59 Å². The van der Waals surface area contributed by atoms with Crippen LogP contribution in [0.15, 0.2) is 30.9 Å². The van der Waals surface area contributed by atoms with Crippen molar-refractivity contribution in [3.8, 4) is 11.8 Å². The molecule has 6 nitrogen and oxygen atoms in total. The molecule has 24 heavy (non-hydrogen) atoms. The second kappa shape index (κ2) is 7.18. The van der Waals surface area contributed by atoms with Crippen LogP contribution in [0.1, 0.15) is 35.2 Å².